The van der Waals surface area contributed by atoms with E-state index in [4.69, 9.17) is 9.47 Å². The molecule has 0 aliphatic heterocycles. The van der Waals surface area contributed by atoms with Gasteiger partial charge in [-0.1, -0.05) is 38.8 Å². The molecule has 1 aromatic rings. The molecule has 0 aliphatic rings. The van der Waals surface area contributed by atoms with Crippen molar-refractivity contribution in [2.24, 2.45) is 5.92 Å². The monoisotopic (exact) mass is 302 g/mol. The van der Waals surface area contributed by atoms with E-state index in [2.05, 4.69) is 32.6 Å². The lowest BCUT2D eigenvalue weighted by Crippen LogP contribution is -2.21. The van der Waals surface area contributed by atoms with E-state index in [0.717, 1.165) is 17.7 Å². The molecule has 0 N–H and O–H groups in total. The molecular formula is C19H26O3. The van der Waals surface area contributed by atoms with E-state index in [-0.39, 0.29) is 24.4 Å². The van der Waals surface area contributed by atoms with Gasteiger partial charge < -0.3 is 9.47 Å². The number of methoxy groups -OCH3 is 1. The van der Waals surface area contributed by atoms with Gasteiger partial charge >= 0.3 is 5.97 Å². The van der Waals surface area contributed by atoms with Crippen LogP contribution in [0.3, 0.4) is 0 Å². The molecule has 22 heavy (non-hydrogen) atoms. The van der Waals surface area contributed by atoms with Crippen molar-refractivity contribution in [2.45, 2.75) is 52.6 Å². The lowest BCUT2D eigenvalue weighted by molar-refractivity contribution is -0.140. The van der Waals surface area contributed by atoms with Crippen molar-refractivity contribution < 1.29 is 14.3 Å². The minimum absolute atomic E-state index is 0.140. The van der Waals surface area contributed by atoms with Gasteiger partial charge in [-0.2, -0.15) is 0 Å². The van der Waals surface area contributed by atoms with Crippen molar-refractivity contribution in [3.63, 3.8) is 0 Å². The Morgan fingerprint density at radius 1 is 1.23 bits per heavy atom. The van der Waals surface area contributed by atoms with Crippen molar-refractivity contribution in [3.8, 4) is 17.6 Å². The van der Waals surface area contributed by atoms with Gasteiger partial charge in [-0.15, -0.1) is 5.92 Å². The Hall–Kier alpha value is -1.95. The molecule has 1 rings (SSSR count). The van der Waals surface area contributed by atoms with E-state index in [1.54, 1.807) is 6.92 Å². The number of benzene rings is 1. The number of rotatable bonds is 7. The largest absolute Gasteiger partial charge is 0.490 e. The van der Waals surface area contributed by atoms with Crippen molar-refractivity contribution in [3.05, 3.63) is 29.8 Å². The van der Waals surface area contributed by atoms with Crippen molar-refractivity contribution in [1.82, 2.24) is 0 Å². The summed E-state index contributed by atoms with van der Waals surface area (Å²) in [4.78, 5) is 11.5. The number of hydrogen-bond acceptors (Lipinski definition) is 3. The Balaban J connectivity index is 2.84. The Bertz CT molecular complexity index is 520. The van der Waals surface area contributed by atoms with Gasteiger partial charge in [0.1, 0.15) is 11.9 Å². The molecule has 0 bridgehead atoms. The van der Waals surface area contributed by atoms with Crippen molar-refractivity contribution in [1.29, 1.82) is 0 Å². The average molecular weight is 302 g/mol. The Labute approximate surface area is 134 Å². The fourth-order valence-corrected chi connectivity index (χ4v) is 2.32. The van der Waals surface area contributed by atoms with Gasteiger partial charge in [0.15, 0.2) is 0 Å². The predicted octanol–water partition coefficient (Wildman–Crippen LogP) is 4.17. The molecule has 0 aliphatic carbocycles. The molecule has 1 aromatic carbocycles. The summed E-state index contributed by atoms with van der Waals surface area (Å²) in [5, 5.41) is 0. The number of carbonyl (C=O) groups excluding carboxylic acids is 1. The van der Waals surface area contributed by atoms with Crippen LogP contribution in [-0.4, -0.2) is 19.2 Å². The molecule has 0 aromatic heterocycles. The molecule has 0 fully saturated rings. The molecule has 0 spiro atoms. The topological polar surface area (TPSA) is 35.5 Å². The first kappa shape index (κ1) is 18.1. The van der Waals surface area contributed by atoms with Crippen LogP contribution in [0.1, 0.15) is 52.0 Å². The Kier molecular flexibility index (Phi) is 7.52. The highest BCUT2D eigenvalue weighted by molar-refractivity contribution is 5.71. The molecule has 0 saturated heterocycles. The molecule has 2 unspecified atom stereocenters. The Morgan fingerprint density at radius 2 is 1.86 bits per heavy atom. The first-order chi connectivity index (χ1) is 10.5. The maximum atomic E-state index is 11.5. The zero-order valence-electron chi connectivity index (χ0n) is 14.2. The number of esters is 1. The van der Waals surface area contributed by atoms with Crippen LogP contribution < -0.4 is 4.74 Å². The molecular weight excluding hydrogens is 276 g/mol. The van der Waals surface area contributed by atoms with E-state index in [1.807, 2.05) is 24.3 Å². The van der Waals surface area contributed by atoms with Gasteiger partial charge in [0.2, 0.25) is 0 Å². The number of carbonyl (C=O) groups is 1. The van der Waals surface area contributed by atoms with Crippen LogP contribution in [0.15, 0.2) is 24.3 Å². The van der Waals surface area contributed by atoms with Gasteiger partial charge in [-0.25, -0.2) is 0 Å². The highest BCUT2D eigenvalue weighted by atomic mass is 16.5. The third-order valence-corrected chi connectivity index (χ3v) is 3.63. The zero-order chi connectivity index (χ0) is 16.5. The van der Waals surface area contributed by atoms with Crippen LogP contribution >= 0.6 is 0 Å². The van der Waals surface area contributed by atoms with Crippen LogP contribution in [0.5, 0.6) is 5.75 Å². The molecule has 3 heteroatoms. The maximum Gasteiger partial charge on any atom is 0.307 e. The minimum atomic E-state index is -0.251. The summed E-state index contributed by atoms with van der Waals surface area (Å²) in [6, 6.07) is 7.84. The summed E-state index contributed by atoms with van der Waals surface area (Å²) >= 11 is 0. The fourth-order valence-electron chi connectivity index (χ4n) is 2.32. The summed E-state index contributed by atoms with van der Waals surface area (Å²) in [5.41, 5.74) is 1.00. The fraction of sp³-hybridized carbons (Fsp3) is 0.526. The third-order valence-electron chi connectivity index (χ3n) is 3.63. The summed E-state index contributed by atoms with van der Waals surface area (Å²) in [6.07, 6.45) is 1.46. The number of hydrogen-bond donors (Lipinski definition) is 0. The lowest BCUT2D eigenvalue weighted by Gasteiger charge is -2.21. The zero-order valence-corrected chi connectivity index (χ0v) is 14.2. The van der Waals surface area contributed by atoms with Crippen LogP contribution in [0.25, 0.3) is 0 Å². The molecule has 2 atom stereocenters. The quantitative estimate of drug-likeness (QED) is 0.560. The highest BCUT2D eigenvalue weighted by Gasteiger charge is 2.16. The van der Waals surface area contributed by atoms with E-state index in [1.165, 1.54) is 7.11 Å². The van der Waals surface area contributed by atoms with Gasteiger partial charge in [-0.3, -0.25) is 4.79 Å². The normalized spacial score (nSPS) is 13.0. The molecule has 0 saturated carbocycles. The van der Waals surface area contributed by atoms with Crippen LogP contribution in [0, 0.1) is 17.8 Å². The van der Waals surface area contributed by atoms with Crippen LogP contribution in [-0.2, 0) is 9.53 Å². The SMILES string of the molecule is CC#CC(CC(=O)OC)c1ccc(OC(CC)C(C)C)cc1. The molecule has 0 amide bonds. The van der Waals surface area contributed by atoms with Crippen LogP contribution in [0.2, 0.25) is 0 Å². The second kappa shape index (κ2) is 9.15. The summed E-state index contributed by atoms with van der Waals surface area (Å²) in [7, 11) is 1.40. The predicted molar refractivity (Wildman–Crippen MR) is 88.8 cm³/mol. The summed E-state index contributed by atoms with van der Waals surface area (Å²) in [5.74, 6) is 6.88. The van der Waals surface area contributed by atoms with Gasteiger partial charge in [-0.05, 0) is 37.0 Å². The molecule has 0 heterocycles. The first-order valence-corrected chi connectivity index (χ1v) is 7.77. The molecule has 3 nitrogen and oxygen atoms in total. The second-order valence-electron chi connectivity index (χ2n) is 5.60. The van der Waals surface area contributed by atoms with Gasteiger partial charge in [0.25, 0.3) is 0 Å². The molecule has 120 valence electrons. The van der Waals surface area contributed by atoms with Crippen LogP contribution in [0.4, 0.5) is 0 Å². The van der Waals surface area contributed by atoms with E-state index < -0.39 is 0 Å². The average Bonchev–Trinajstić information content (AvgIpc) is 2.52. The lowest BCUT2D eigenvalue weighted by atomic mass is 9.96. The smallest absolute Gasteiger partial charge is 0.307 e. The standard InChI is InChI=1S/C19H26O3/c1-6-8-16(13-19(20)21-5)15-9-11-17(12-10-15)22-18(7-2)14(3)4/h9-12,14,16,18H,7,13H2,1-5H3. The summed E-state index contributed by atoms with van der Waals surface area (Å²) in [6.45, 7) is 8.22. The van der Waals surface area contributed by atoms with Gasteiger partial charge in [0, 0.05) is 0 Å². The van der Waals surface area contributed by atoms with E-state index >= 15 is 0 Å². The minimum Gasteiger partial charge on any atom is -0.490 e. The summed E-state index contributed by atoms with van der Waals surface area (Å²) < 4.78 is 10.7. The van der Waals surface area contributed by atoms with Gasteiger partial charge in [0.05, 0.1) is 19.4 Å². The third kappa shape index (κ3) is 5.44. The first-order valence-electron chi connectivity index (χ1n) is 7.77. The maximum absolute atomic E-state index is 11.5. The van der Waals surface area contributed by atoms with E-state index in [0.29, 0.717) is 5.92 Å². The van der Waals surface area contributed by atoms with Crippen molar-refractivity contribution in [2.75, 3.05) is 7.11 Å². The Morgan fingerprint density at radius 3 is 2.32 bits per heavy atom. The number of ether oxygens (including phenoxy) is 2. The second-order valence-corrected chi connectivity index (χ2v) is 5.60. The van der Waals surface area contributed by atoms with Crippen molar-refractivity contribution >= 4 is 5.97 Å². The highest BCUT2D eigenvalue weighted by Crippen LogP contribution is 2.24. The molecule has 0 radical (unpaired) electrons. The van der Waals surface area contributed by atoms with E-state index in [9.17, 15) is 4.79 Å².